The second-order valence-electron chi connectivity index (χ2n) is 3.14. The zero-order chi connectivity index (χ0) is 16.6. The largest absolute Gasteiger partial charge is 0.369 e. The first kappa shape index (κ1) is 22.9. The predicted molar refractivity (Wildman–Crippen MR) is 80.9 cm³/mol. The van der Waals surface area contributed by atoms with Crippen LogP contribution in [-0.2, 0) is 4.79 Å². The average molecular weight is 282 g/mol. The van der Waals surface area contributed by atoms with Crippen molar-refractivity contribution in [3.8, 4) is 12.8 Å². The molecule has 20 heavy (non-hydrogen) atoms. The molecule has 0 spiro atoms. The van der Waals surface area contributed by atoms with E-state index in [4.69, 9.17) is 5.73 Å². The maximum atomic E-state index is 12.6. The molecule has 1 rings (SSSR count). The quantitative estimate of drug-likeness (QED) is 0.657. The van der Waals surface area contributed by atoms with Crippen LogP contribution in [0.25, 0.3) is 0 Å². The van der Waals surface area contributed by atoms with Crippen LogP contribution in [0.1, 0.15) is 29.8 Å². The summed E-state index contributed by atoms with van der Waals surface area (Å²) in [6, 6.07) is 4.51. The molecule has 0 aliphatic rings. The molecule has 0 bridgehead atoms. The van der Waals surface area contributed by atoms with Crippen LogP contribution in [0.4, 0.5) is 4.39 Å². The molecule has 0 saturated carbocycles. The van der Waals surface area contributed by atoms with Crippen molar-refractivity contribution in [2.24, 2.45) is 5.73 Å². The SMILES string of the molecule is C#C.CC.CNCC(N)=O.Cc1ccc(C=O)c(F)c1. The Morgan fingerprint density at radius 3 is 2.15 bits per heavy atom. The third-order valence-corrected chi connectivity index (χ3v) is 1.63. The topological polar surface area (TPSA) is 72.2 Å². The Morgan fingerprint density at radius 2 is 1.90 bits per heavy atom. The van der Waals surface area contributed by atoms with E-state index in [1.807, 2.05) is 13.8 Å². The monoisotopic (exact) mass is 282 g/mol. The summed E-state index contributed by atoms with van der Waals surface area (Å²) in [5.74, 6) is -0.771. The normalized spacial score (nSPS) is 7.55. The number of hydrogen-bond donors (Lipinski definition) is 2. The van der Waals surface area contributed by atoms with E-state index >= 15 is 0 Å². The van der Waals surface area contributed by atoms with Gasteiger partial charge in [-0.2, -0.15) is 0 Å². The summed E-state index contributed by atoms with van der Waals surface area (Å²) >= 11 is 0. The Labute approximate surface area is 120 Å². The highest BCUT2D eigenvalue weighted by Gasteiger charge is 1.98. The van der Waals surface area contributed by atoms with Crippen LogP contribution in [0.15, 0.2) is 18.2 Å². The van der Waals surface area contributed by atoms with Crippen molar-refractivity contribution < 1.29 is 14.0 Å². The predicted octanol–water partition coefficient (Wildman–Crippen LogP) is 1.91. The number of likely N-dealkylation sites (N-methyl/N-ethyl adjacent to an activating group) is 1. The first-order chi connectivity index (χ1) is 9.51. The van der Waals surface area contributed by atoms with Gasteiger partial charge in [0.15, 0.2) is 6.29 Å². The molecule has 0 atom stereocenters. The summed E-state index contributed by atoms with van der Waals surface area (Å²) in [6.07, 6.45) is 8.51. The highest BCUT2D eigenvalue weighted by Crippen LogP contribution is 2.06. The zero-order valence-electron chi connectivity index (χ0n) is 12.4. The van der Waals surface area contributed by atoms with Crippen LogP contribution in [0.2, 0.25) is 0 Å². The van der Waals surface area contributed by atoms with Crippen molar-refractivity contribution in [2.75, 3.05) is 13.6 Å². The number of aldehydes is 1. The second-order valence-corrected chi connectivity index (χ2v) is 3.14. The van der Waals surface area contributed by atoms with Gasteiger partial charge < -0.3 is 11.1 Å². The summed E-state index contributed by atoms with van der Waals surface area (Å²) in [6.45, 7) is 6.04. The van der Waals surface area contributed by atoms with Crippen LogP contribution >= 0.6 is 0 Å². The van der Waals surface area contributed by atoms with Crippen molar-refractivity contribution in [3.63, 3.8) is 0 Å². The van der Waals surface area contributed by atoms with Gasteiger partial charge in [0.2, 0.25) is 5.91 Å². The highest BCUT2D eigenvalue weighted by molar-refractivity contribution is 5.75. The lowest BCUT2D eigenvalue weighted by Gasteiger charge is -1.94. The number of carbonyl (C=O) groups is 2. The van der Waals surface area contributed by atoms with Gasteiger partial charge in [0.1, 0.15) is 5.82 Å². The standard InChI is InChI=1S/C8H7FO.C3H8N2O.C2H6.C2H2/c1-6-2-3-7(5-10)8(9)4-6;1-5-2-3(4)6;2*1-2/h2-5H,1H3;5H,2H2,1H3,(H2,4,6);1-2H3;1-2H. The van der Waals surface area contributed by atoms with Crippen LogP contribution < -0.4 is 11.1 Å². The molecule has 3 N–H and O–H groups in total. The molecule has 5 heteroatoms. The molecule has 4 nitrogen and oxygen atoms in total. The molecule has 0 aliphatic carbocycles. The summed E-state index contributed by atoms with van der Waals surface area (Å²) in [5.41, 5.74) is 5.64. The number of nitrogens with two attached hydrogens (primary N) is 1. The molecular formula is C15H23FN2O2. The van der Waals surface area contributed by atoms with E-state index in [9.17, 15) is 14.0 Å². The first-order valence-corrected chi connectivity index (χ1v) is 5.98. The van der Waals surface area contributed by atoms with E-state index in [1.54, 1.807) is 20.0 Å². The number of hydrogen-bond acceptors (Lipinski definition) is 3. The van der Waals surface area contributed by atoms with Gasteiger partial charge in [-0.25, -0.2) is 4.39 Å². The number of nitrogens with one attached hydrogen (secondary N) is 1. The summed E-state index contributed by atoms with van der Waals surface area (Å²) in [4.78, 5) is 19.9. The van der Waals surface area contributed by atoms with Gasteiger partial charge >= 0.3 is 0 Å². The fourth-order valence-corrected chi connectivity index (χ4v) is 0.902. The minimum atomic E-state index is -0.449. The first-order valence-electron chi connectivity index (χ1n) is 5.98. The van der Waals surface area contributed by atoms with Gasteiger partial charge in [-0.15, -0.1) is 12.8 Å². The fraction of sp³-hybridized carbons (Fsp3) is 0.333. The molecule has 1 aromatic rings. The maximum Gasteiger partial charge on any atom is 0.231 e. The molecule has 0 saturated heterocycles. The maximum absolute atomic E-state index is 12.6. The van der Waals surface area contributed by atoms with Gasteiger partial charge in [0.25, 0.3) is 0 Å². The molecule has 112 valence electrons. The van der Waals surface area contributed by atoms with E-state index in [1.165, 1.54) is 12.1 Å². The van der Waals surface area contributed by atoms with Crippen molar-refractivity contribution in [1.82, 2.24) is 5.32 Å². The lowest BCUT2D eigenvalue weighted by molar-refractivity contribution is -0.117. The van der Waals surface area contributed by atoms with Crippen LogP contribution in [0.3, 0.4) is 0 Å². The van der Waals surface area contributed by atoms with E-state index < -0.39 is 5.82 Å². The Bertz CT molecular complexity index is 404. The molecule has 0 heterocycles. The summed E-state index contributed by atoms with van der Waals surface area (Å²) in [5, 5.41) is 2.59. The van der Waals surface area contributed by atoms with Gasteiger partial charge in [0, 0.05) is 0 Å². The zero-order valence-corrected chi connectivity index (χ0v) is 12.4. The van der Waals surface area contributed by atoms with Gasteiger partial charge in [0.05, 0.1) is 12.1 Å². The second kappa shape index (κ2) is 16.8. The van der Waals surface area contributed by atoms with Crippen LogP contribution in [0.5, 0.6) is 0 Å². The molecule has 0 aliphatic heterocycles. The molecule has 0 aromatic heterocycles. The smallest absolute Gasteiger partial charge is 0.231 e. The number of benzene rings is 1. The summed E-state index contributed by atoms with van der Waals surface area (Å²) in [7, 11) is 1.67. The molecular weight excluding hydrogens is 259 g/mol. The number of amides is 1. The Kier molecular flexibility index (Phi) is 19.3. The van der Waals surface area contributed by atoms with E-state index in [0.717, 1.165) is 5.56 Å². The Balaban J connectivity index is -0.000000250. The van der Waals surface area contributed by atoms with Gasteiger partial charge in [-0.3, -0.25) is 9.59 Å². The van der Waals surface area contributed by atoms with Crippen molar-refractivity contribution in [1.29, 1.82) is 0 Å². The third kappa shape index (κ3) is 13.9. The molecule has 1 amide bonds. The molecule has 1 aromatic carbocycles. The number of terminal acetylenes is 1. The summed E-state index contributed by atoms with van der Waals surface area (Å²) < 4.78 is 12.6. The molecule has 0 radical (unpaired) electrons. The minimum Gasteiger partial charge on any atom is -0.369 e. The number of aryl methyl sites for hydroxylation is 1. The Morgan fingerprint density at radius 1 is 1.40 bits per heavy atom. The molecule has 0 unspecified atom stereocenters. The van der Waals surface area contributed by atoms with Crippen molar-refractivity contribution in [2.45, 2.75) is 20.8 Å². The molecule has 0 fully saturated rings. The van der Waals surface area contributed by atoms with Gasteiger partial charge in [-0.05, 0) is 31.7 Å². The third-order valence-electron chi connectivity index (χ3n) is 1.63. The van der Waals surface area contributed by atoms with Gasteiger partial charge in [-0.1, -0.05) is 19.9 Å². The minimum absolute atomic E-state index is 0.116. The van der Waals surface area contributed by atoms with Crippen molar-refractivity contribution in [3.05, 3.63) is 35.1 Å². The van der Waals surface area contributed by atoms with E-state index in [-0.39, 0.29) is 18.0 Å². The van der Waals surface area contributed by atoms with Crippen LogP contribution in [-0.4, -0.2) is 25.8 Å². The fourth-order valence-electron chi connectivity index (χ4n) is 0.902. The van der Waals surface area contributed by atoms with Crippen LogP contribution in [0, 0.1) is 25.6 Å². The average Bonchev–Trinajstić information content (AvgIpc) is 2.44. The number of carbonyl (C=O) groups excluding carboxylic acids is 2. The lowest BCUT2D eigenvalue weighted by atomic mass is 10.1. The van der Waals surface area contributed by atoms with Crippen molar-refractivity contribution >= 4 is 12.2 Å². The highest BCUT2D eigenvalue weighted by atomic mass is 19.1. The Hall–Kier alpha value is -2.19. The number of halogens is 1. The lowest BCUT2D eigenvalue weighted by Crippen LogP contribution is -2.25. The number of rotatable bonds is 3. The number of primary amides is 1. The van der Waals surface area contributed by atoms with E-state index in [0.29, 0.717) is 6.29 Å². The van der Waals surface area contributed by atoms with E-state index in [2.05, 4.69) is 18.2 Å².